The highest BCUT2D eigenvalue weighted by Crippen LogP contribution is 2.24. The molecule has 0 aliphatic carbocycles. The normalized spacial score (nSPS) is 11.4. The van der Waals surface area contributed by atoms with E-state index in [1.54, 1.807) is 0 Å². The van der Waals surface area contributed by atoms with Gasteiger partial charge in [0.2, 0.25) is 0 Å². The highest BCUT2D eigenvalue weighted by atomic mass is 79.9. The Kier molecular flexibility index (Phi) is 5.22. The zero-order valence-corrected chi connectivity index (χ0v) is 15.1. The summed E-state index contributed by atoms with van der Waals surface area (Å²) in [4.78, 5) is 0. The highest BCUT2D eigenvalue weighted by Gasteiger charge is 2.11. The predicted molar refractivity (Wildman–Crippen MR) is 92.0 cm³/mol. The van der Waals surface area contributed by atoms with Crippen LogP contribution in [0.15, 0.2) is 22.7 Å². The molecule has 1 N–H and O–H groups in total. The van der Waals surface area contributed by atoms with E-state index < -0.39 is 0 Å². The van der Waals surface area contributed by atoms with E-state index in [1.165, 1.54) is 11.1 Å². The summed E-state index contributed by atoms with van der Waals surface area (Å²) in [6.07, 6.45) is 0. The molecule has 114 valence electrons. The molecule has 0 unspecified atom stereocenters. The molecule has 1 heterocycles. The van der Waals surface area contributed by atoms with Crippen LogP contribution < -0.4 is 5.32 Å². The van der Waals surface area contributed by atoms with E-state index in [4.69, 9.17) is 0 Å². The van der Waals surface area contributed by atoms with Crippen molar-refractivity contribution in [3.05, 3.63) is 45.2 Å². The van der Waals surface area contributed by atoms with Crippen molar-refractivity contribution in [3.63, 3.8) is 0 Å². The standard InChI is InChI=1S/C17H24BrN3/c1-11(2)9-19-10-15-6-7-16(8-12(15)3)21-14(5)17(18)13(4)20-21/h6-8,11,19H,9-10H2,1-5H3. The van der Waals surface area contributed by atoms with Gasteiger partial charge in [0.1, 0.15) is 0 Å². The van der Waals surface area contributed by atoms with Gasteiger partial charge in [-0.2, -0.15) is 5.10 Å². The Bertz CT molecular complexity index is 629. The van der Waals surface area contributed by atoms with Gasteiger partial charge >= 0.3 is 0 Å². The monoisotopic (exact) mass is 349 g/mol. The third-order valence-corrected chi connectivity index (χ3v) is 4.79. The smallest absolute Gasteiger partial charge is 0.0743 e. The van der Waals surface area contributed by atoms with Crippen molar-refractivity contribution in [2.24, 2.45) is 5.92 Å². The number of halogens is 1. The second kappa shape index (κ2) is 6.75. The van der Waals surface area contributed by atoms with Gasteiger partial charge in [-0.15, -0.1) is 0 Å². The fourth-order valence-corrected chi connectivity index (χ4v) is 2.63. The first kappa shape index (κ1) is 16.2. The molecule has 0 saturated carbocycles. The fraction of sp³-hybridized carbons (Fsp3) is 0.471. The Hall–Kier alpha value is -1.13. The Balaban J connectivity index is 2.20. The van der Waals surface area contributed by atoms with Gasteiger partial charge in [-0.25, -0.2) is 4.68 Å². The number of aryl methyl sites for hydroxylation is 2. The van der Waals surface area contributed by atoms with Crippen LogP contribution in [0.5, 0.6) is 0 Å². The maximum Gasteiger partial charge on any atom is 0.0743 e. The Morgan fingerprint density at radius 3 is 2.48 bits per heavy atom. The van der Waals surface area contributed by atoms with Crippen LogP contribution in [0.1, 0.15) is 36.4 Å². The van der Waals surface area contributed by atoms with Crippen molar-refractivity contribution >= 4 is 15.9 Å². The van der Waals surface area contributed by atoms with E-state index in [0.717, 1.165) is 34.6 Å². The van der Waals surface area contributed by atoms with E-state index in [-0.39, 0.29) is 0 Å². The van der Waals surface area contributed by atoms with Crippen LogP contribution in [0, 0.1) is 26.7 Å². The Morgan fingerprint density at radius 1 is 1.24 bits per heavy atom. The van der Waals surface area contributed by atoms with E-state index in [1.807, 2.05) is 11.6 Å². The molecular formula is C17H24BrN3. The van der Waals surface area contributed by atoms with Gasteiger partial charge in [0.05, 0.1) is 21.5 Å². The van der Waals surface area contributed by atoms with E-state index in [2.05, 4.69) is 72.2 Å². The summed E-state index contributed by atoms with van der Waals surface area (Å²) in [5, 5.41) is 8.09. The number of benzene rings is 1. The SMILES string of the molecule is Cc1cc(-n2nc(C)c(Br)c2C)ccc1CNCC(C)C. The van der Waals surface area contributed by atoms with E-state index in [9.17, 15) is 0 Å². The topological polar surface area (TPSA) is 29.9 Å². The van der Waals surface area contributed by atoms with Gasteiger partial charge < -0.3 is 5.32 Å². The first-order valence-electron chi connectivity index (χ1n) is 7.42. The first-order valence-corrected chi connectivity index (χ1v) is 8.21. The molecule has 2 rings (SSSR count). The number of nitrogens with one attached hydrogen (secondary N) is 1. The lowest BCUT2D eigenvalue weighted by atomic mass is 10.1. The summed E-state index contributed by atoms with van der Waals surface area (Å²) in [5.74, 6) is 0.677. The van der Waals surface area contributed by atoms with Crippen molar-refractivity contribution in [2.45, 2.75) is 41.2 Å². The molecule has 0 aliphatic rings. The van der Waals surface area contributed by atoms with Crippen LogP contribution in [0.4, 0.5) is 0 Å². The third-order valence-electron chi connectivity index (χ3n) is 3.64. The summed E-state index contributed by atoms with van der Waals surface area (Å²) in [6.45, 7) is 12.7. The fourth-order valence-electron chi connectivity index (χ4n) is 2.38. The van der Waals surface area contributed by atoms with Crippen molar-refractivity contribution in [3.8, 4) is 5.69 Å². The van der Waals surface area contributed by atoms with Crippen LogP contribution in [0.25, 0.3) is 5.69 Å². The van der Waals surface area contributed by atoms with Gasteiger partial charge in [-0.1, -0.05) is 19.9 Å². The molecule has 3 nitrogen and oxygen atoms in total. The van der Waals surface area contributed by atoms with E-state index in [0.29, 0.717) is 5.92 Å². The zero-order valence-electron chi connectivity index (χ0n) is 13.5. The van der Waals surface area contributed by atoms with Crippen LogP contribution in [0.2, 0.25) is 0 Å². The largest absolute Gasteiger partial charge is 0.312 e. The maximum atomic E-state index is 4.59. The second-order valence-electron chi connectivity index (χ2n) is 6.03. The molecule has 2 aromatic rings. The van der Waals surface area contributed by atoms with Gasteiger partial charge in [-0.05, 0) is 72.4 Å². The average molecular weight is 350 g/mol. The van der Waals surface area contributed by atoms with Crippen molar-refractivity contribution in [1.29, 1.82) is 0 Å². The number of nitrogens with zero attached hydrogens (tertiary/aromatic N) is 2. The van der Waals surface area contributed by atoms with Crippen LogP contribution in [0.3, 0.4) is 0 Å². The molecule has 0 amide bonds. The lowest BCUT2D eigenvalue weighted by molar-refractivity contribution is 0.551. The molecule has 1 aromatic carbocycles. The highest BCUT2D eigenvalue weighted by molar-refractivity contribution is 9.10. The maximum absolute atomic E-state index is 4.59. The van der Waals surface area contributed by atoms with Crippen LogP contribution in [-0.4, -0.2) is 16.3 Å². The minimum Gasteiger partial charge on any atom is -0.312 e. The quantitative estimate of drug-likeness (QED) is 0.871. The predicted octanol–water partition coefficient (Wildman–Crippen LogP) is 4.31. The van der Waals surface area contributed by atoms with Crippen molar-refractivity contribution in [1.82, 2.24) is 15.1 Å². The molecular weight excluding hydrogens is 326 g/mol. The summed E-state index contributed by atoms with van der Waals surface area (Å²) in [6, 6.07) is 6.55. The number of aromatic nitrogens is 2. The molecule has 1 aromatic heterocycles. The molecule has 0 fully saturated rings. The van der Waals surface area contributed by atoms with Crippen LogP contribution >= 0.6 is 15.9 Å². The summed E-state index contributed by atoms with van der Waals surface area (Å²) < 4.78 is 3.08. The molecule has 0 radical (unpaired) electrons. The van der Waals surface area contributed by atoms with Gasteiger partial charge in [0, 0.05) is 6.54 Å². The second-order valence-corrected chi connectivity index (χ2v) is 6.83. The Morgan fingerprint density at radius 2 is 1.95 bits per heavy atom. The minimum absolute atomic E-state index is 0.677. The lowest BCUT2D eigenvalue weighted by Gasteiger charge is -2.12. The Labute approximate surface area is 135 Å². The lowest BCUT2D eigenvalue weighted by Crippen LogP contribution is -2.19. The summed E-state index contributed by atoms with van der Waals surface area (Å²) in [7, 11) is 0. The molecule has 0 bridgehead atoms. The summed E-state index contributed by atoms with van der Waals surface area (Å²) >= 11 is 3.58. The number of hydrogen-bond acceptors (Lipinski definition) is 2. The molecule has 0 spiro atoms. The van der Waals surface area contributed by atoms with E-state index >= 15 is 0 Å². The van der Waals surface area contributed by atoms with Gasteiger partial charge in [0.15, 0.2) is 0 Å². The molecule has 4 heteroatoms. The van der Waals surface area contributed by atoms with Crippen molar-refractivity contribution < 1.29 is 0 Å². The molecule has 21 heavy (non-hydrogen) atoms. The number of rotatable bonds is 5. The van der Waals surface area contributed by atoms with Gasteiger partial charge in [0.25, 0.3) is 0 Å². The average Bonchev–Trinajstić information content (AvgIpc) is 2.68. The first-order chi connectivity index (χ1) is 9.90. The molecule has 0 aliphatic heterocycles. The molecule has 0 saturated heterocycles. The van der Waals surface area contributed by atoms with Gasteiger partial charge in [-0.3, -0.25) is 0 Å². The minimum atomic E-state index is 0.677. The third kappa shape index (κ3) is 3.74. The molecule has 0 atom stereocenters. The number of hydrogen-bond donors (Lipinski definition) is 1. The van der Waals surface area contributed by atoms with Crippen molar-refractivity contribution in [2.75, 3.05) is 6.54 Å². The summed E-state index contributed by atoms with van der Waals surface area (Å²) in [5.41, 5.74) is 5.92. The zero-order chi connectivity index (χ0) is 15.6. The van der Waals surface area contributed by atoms with Crippen LogP contribution in [-0.2, 0) is 6.54 Å².